The molecule has 0 atom stereocenters. The Morgan fingerprint density at radius 3 is 2.45 bits per heavy atom. The minimum atomic E-state index is -4.42. The standard InChI is InChI=1S/C20H24F3N3O4.HI/c1-12-5-6-14(17(7-12)29-11-20(21,22)23)9-25-19(24-3)26-10-15-8-16(13(2)30-15)18(27)28-4;/h5-8H,9-11H2,1-4H3,(H2,24,25,26);1H. The third-order valence-electron chi connectivity index (χ3n) is 4.09. The van der Waals surface area contributed by atoms with Crippen LogP contribution in [0, 0.1) is 13.8 Å². The second-order valence-corrected chi connectivity index (χ2v) is 6.47. The van der Waals surface area contributed by atoms with E-state index in [4.69, 9.17) is 9.15 Å². The summed E-state index contributed by atoms with van der Waals surface area (Å²) < 4.78 is 52.6. The summed E-state index contributed by atoms with van der Waals surface area (Å²) in [5.41, 5.74) is 1.67. The molecule has 0 saturated carbocycles. The van der Waals surface area contributed by atoms with Crippen LogP contribution in [0.4, 0.5) is 13.2 Å². The predicted octanol–water partition coefficient (Wildman–Crippen LogP) is 4.11. The van der Waals surface area contributed by atoms with Gasteiger partial charge in [0.15, 0.2) is 12.6 Å². The molecular formula is C20H25F3IN3O4. The van der Waals surface area contributed by atoms with Gasteiger partial charge in [0, 0.05) is 19.2 Å². The lowest BCUT2D eigenvalue weighted by molar-refractivity contribution is -0.153. The van der Waals surface area contributed by atoms with Gasteiger partial charge >= 0.3 is 12.1 Å². The van der Waals surface area contributed by atoms with Gasteiger partial charge < -0.3 is 24.5 Å². The van der Waals surface area contributed by atoms with E-state index in [9.17, 15) is 18.0 Å². The minimum Gasteiger partial charge on any atom is -0.484 e. The first-order chi connectivity index (χ1) is 14.1. The maximum absolute atomic E-state index is 12.5. The number of aliphatic imine (C=N–C) groups is 1. The monoisotopic (exact) mass is 555 g/mol. The van der Waals surface area contributed by atoms with Gasteiger partial charge in [-0.3, -0.25) is 4.99 Å². The average molecular weight is 555 g/mol. The van der Waals surface area contributed by atoms with Crippen LogP contribution in [-0.4, -0.2) is 38.9 Å². The largest absolute Gasteiger partial charge is 0.484 e. The van der Waals surface area contributed by atoms with E-state index in [0.29, 0.717) is 28.6 Å². The number of hydrogen-bond donors (Lipinski definition) is 2. The normalized spacial score (nSPS) is 11.5. The smallest absolute Gasteiger partial charge is 0.422 e. The number of rotatable bonds is 7. The van der Waals surface area contributed by atoms with Crippen molar-refractivity contribution in [3.05, 3.63) is 52.5 Å². The molecule has 0 amide bonds. The molecule has 11 heteroatoms. The molecule has 1 aromatic heterocycles. The van der Waals surface area contributed by atoms with Crippen LogP contribution >= 0.6 is 24.0 Å². The highest BCUT2D eigenvalue weighted by Crippen LogP contribution is 2.23. The lowest BCUT2D eigenvalue weighted by Gasteiger charge is -2.16. The third kappa shape index (κ3) is 8.31. The van der Waals surface area contributed by atoms with E-state index in [1.165, 1.54) is 7.11 Å². The number of carbonyl (C=O) groups excluding carboxylic acids is 1. The fourth-order valence-electron chi connectivity index (χ4n) is 2.62. The Labute approximate surface area is 195 Å². The SMILES string of the molecule is CN=C(NCc1cc(C(=O)OC)c(C)o1)NCc1ccc(C)cc1OCC(F)(F)F.I. The molecule has 0 aliphatic rings. The van der Waals surface area contributed by atoms with E-state index in [1.54, 1.807) is 45.2 Å². The Kier molecular flexibility index (Phi) is 10.1. The number of esters is 1. The number of benzene rings is 1. The molecule has 1 aromatic carbocycles. The van der Waals surface area contributed by atoms with Crippen LogP contribution in [0.5, 0.6) is 5.75 Å². The van der Waals surface area contributed by atoms with Gasteiger partial charge in [0.05, 0.1) is 13.7 Å². The van der Waals surface area contributed by atoms with Gasteiger partial charge in [-0.1, -0.05) is 12.1 Å². The molecule has 2 aromatic rings. The number of aryl methyl sites for hydroxylation is 2. The molecule has 31 heavy (non-hydrogen) atoms. The first kappa shape index (κ1) is 26.6. The number of hydrogen-bond acceptors (Lipinski definition) is 5. The minimum absolute atomic E-state index is 0. The molecular weight excluding hydrogens is 530 g/mol. The molecule has 2 rings (SSSR count). The Balaban J connectivity index is 0.00000480. The summed E-state index contributed by atoms with van der Waals surface area (Å²) in [7, 11) is 2.84. The third-order valence-corrected chi connectivity index (χ3v) is 4.09. The summed E-state index contributed by atoms with van der Waals surface area (Å²) in [5.74, 6) is 0.995. The highest BCUT2D eigenvalue weighted by atomic mass is 127. The average Bonchev–Trinajstić information content (AvgIpc) is 3.07. The number of furan rings is 1. The topological polar surface area (TPSA) is 85.1 Å². The lowest BCUT2D eigenvalue weighted by atomic mass is 10.1. The molecule has 0 radical (unpaired) electrons. The van der Waals surface area contributed by atoms with Crippen molar-refractivity contribution < 1.29 is 31.9 Å². The van der Waals surface area contributed by atoms with Gasteiger partial charge in [-0.15, -0.1) is 24.0 Å². The van der Waals surface area contributed by atoms with E-state index < -0.39 is 18.8 Å². The summed E-state index contributed by atoms with van der Waals surface area (Å²) in [4.78, 5) is 15.7. The second-order valence-electron chi connectivity index (χ2n) is 6.47. The van der Waals surface area contributed by atoms with Gasteiger partial charge in [0.2, 0.25) is 0 Å². The highest BCUT2D eigenvalue weighted by Gasteiger charge is 2.28. The van der Waals surface area contributed by atoms with Crippen LogP contribution < -0.4 is 15.4 Å². The number of methoxy groups -OCH3 is 1. The van der Waals surface area contributed by atoms with Crippen molar-refractivity contribution >= 4 is 35.9 Å². The zero-order valence-corrected chi connectivity index (χ0v) is 19.9. The number of halogens is 4. The van der Waals surface area contributed by atoms with Crippen molar-refractivity contribution in [2.24, 2.45) is 4.99 Å². The summed E-state index contributed by atoms with van der Waals surface area (Å²) in [5, 5.41) is 6.03. The van der Waals surface area contributed by atoms with E-state index in [1.807, 2.05) is 0 Å². The van der Waals surface area contributed by atoms with Crippen molar-refractivity contribution in [2.45, 2.75) is 33.1 Å². The number of carbonyl (C=O) groups is 1. The number of nitrogens with zero attached hydrogens (tertiary/aromatic N) is 1. The summed E-state index contributed by atoms with van der Waals surface area (Å²) >= 11 is 0. The fraction of sp³-hybridized carbons (Fsp3) is 0.400. The number of alkyl halides is 3. The van der Waals surface area contributed by atoms with Crippen LogP contribution in [0.15, 0.2) is 33.7 Å². The molecule has 0 aliphatic carbocycles. The number of ether oxygens (including phenoxy) is 2. The van der Waals surface area contributed by atoms with Gasteiger partial charge in [-0.05, 0) is 31.5 Å². The quantitative estimate of drug-likeness (QED) is 0.232. The van der Waals surface area contributed by atoms with Gasteiger partial charge in [-0.25, -0.2) is 4.79 Å². The summed E-state index contributed by atoms with van der Waals surface area (Å²) in [6, 6.07) is 6.61. The lowest BCUT2D eigenvalue weighted by Crippen LogP contribution is -2.36. The molecule has 1 heterocycles. The predicted molar refractivity (Wildman–Crippen MR) is 120 cm³/mol. The van der Waals surface area contributed by atoms with Gasteiger partial charge in [0.1, 0.15) is 22.8 Å². The van der Waals surface area contributed by atoms with E-state index >= 15 is 0 Å². The van der Waals surface area contributed by atoms with Crippen LogP contribution in [0.1, 0.15) is 33.0 Å². The fourth-order valence-corrected chi connectivity index (χ4v) is 2.62. The molecule has 0 bridgehead atoms. The molecule has 0 spiro atoms. The van der Waals surface area contributed by atoms with Crippen molar-refractivity contribution in [1.29, 1.82) is 0 Å². The Morgan fingerprint density at radius 1 is 1.16 bits per heavy atom. The first-order valence-corrected chi connectivity index (χ1v) is 9.04. The molecule has 7 nitrogen and oxygen atoms in total. The maximum atomic E-state index is 12.5. The van der Waals surface area contributed by atoms with Crippen LogP contribution in [0.3, 0.4) is 0 Å². The van der Waals surface area contributed by atoms with Crippen LogP contribution in [0.25, 0.3) is 0 Å². The number of nitrogens with one attached hydrogen (secondary N) is 2. The zero-order chi connectivity index (χ0) is 22.3. The molecule has 172 valence electrons. The van der Waals surface area contributed by atoms with Crippen molar-refractivity contribution in [3.63, 3.8) is 0 Å². The molecule has 0 fully saturated rings. The van der Waals surface area contributed by atoms with Crippen molar-refractivity contribution in [1.82, 2.24) is 10.6 Å². The highest BCUT2D eigenvalue weighted by molar-refractivity contribution is 14.0. The summed E-state index contributed by atoms with van der Waals surface area (Å²) in [6.45, 7) is 2.49. The van der Waals surface area contributed by atoms with E-state index in [0.717, 1.165) is 5.56 Å². The van der Waals surface area contributed by atoms with E-state index in [-0.39, 0.29) is 42.8 Å². The second kappa shape index (κ2) is 11.8. The Morgan fingerprint density at radius 2 is 1.84 bits per heavy atom. The van der Waals surface area contributed by atoms with Crippen LogP contribution in [0.2, 0.25) is 0 Å². The molecule has 2 N–H and O–H groups in total. The Bertz CT molecular complexity index is 914. The van der Waals surface area contributed by atoms with Crippen molar-refractivity contribution in [3.8, 4) is 5.75 Å². The summed E-state index contributed by atoms with van der Waals surface area (Å²) in [6.07, 6.45) is -4.42. The van der Waals surface area contributed by atoms with E-state index in [2.05, 4.69) is 20.4 Å². The zero-order valence-electron chi connectivity index (χ0n) is 17.6. The molecule has 0 unspecified atom stereocenters. The Hall–Kier alpha value is -2.44. The number of guanidine groups is 1. The molecule has 0 saturated heterocycles. The van der Waals surface area contributed by atoms with Crippen molar-refractivity contribution in [2.75, 3.05) is 20.8 Å². The first-order valence-electron chi connectivity index (χ1n) is 9.04. The van der Waals surface area contributed by atoms with Crippen LogP contribution in [-0.2, 0) is 17.8 Å². The molecule has 0 aliphatic heterocycles. The maximum Gasteiger partial charge on any atom is 0.422 e. The van der Waals surface area contributed by atoms with Gasteiger partial charge in [0.25, 0.3) is 0 Å². The van der Waals surface area contributed by atoms with Gasteiger partial charge in [-0.2, -0.15) is 13.2 Å².